The van der Waals surface area contributed by atoms with Crippen molar-refractivity contribution in [2.75, 3.05) is 0 Å². The molecule has 0 spiro atoms. The molecule has 1 aromatic rings. The van der Waals surface area contributed by atoms with Crippen LogP contribution in [0.25, 0.3) is 0 Å². The maximum Gasteiger partial charge on any atom is 0.137 e. The van der Waals surface area contributed by atoms with Gasteiger partial charge in [-0.3, -0.25) is 0 Å². The van der Waals surface area contributed by atoms with Gasteiger partial charge in [-0.15, -0.1) is 0 Å². The predicted octanol–water partition coefficient (Wildman–Crippen LogP) is 3.01. The summed E-state index contributed by atoms with van der Waals surface area (Å²) in [5.74, 6) is -0.214. The molecule has 0 unspecified atom stereocenters. The van der Waals surface area contributed by atoms with E-state index in [1.54, 1.807) is 0 Å². The Morgan fingerprint density at radius 3 is 2.64 bits per heavy atom. The second-order valence-corrected chi connectivity index (χ2v) is 5.00. The molecule has 1 saturated carbocycles. The molecule has 0 amide bonds. The highest BCUT2D eigenvalue weighted by atomic mass is 79.9. The van der Waals surface area contributed by atoms with Gasteiger partial charge in [0, 0.05) is 5.54 Å². The van der Waals surface area contributed by atoms with Gasteiger partial charge in [0.1, 0.15) is 5.82 Å². The first-order valence-corrected chi connectivity index (χ1v) is 5.61. The maximum absolute atomic E-state index is 12.9. The van der Waals surface area contributed by atoms with E-state index in [0.29, 0.717) is 4.47 Å². The maximum atomic E-state index is 12.9. The van der Waals surface area contributed by atoms with E-state index in [-0.39, 0.29) is 11.4 Å². The van der Waals surface area contributed by atoms with Crippen molar-refractivity contribution < 1.29 is 4.39 Å². The fourth-order valence-electron chi connectivity index (χ4n) is 1.86. The Kier molecular flexibility index (Phi) is 2.62. The molecule has 0 atom stereocenters. The summed E-state index contributed by atoms with van der Waals surface area (Å²) in [7, 11) is 0. The van der Waals surface area contributed by atoms with Gasteiger partial charge in [-0.05, 0) is 59.3 Å². The van der Waals surface area contributed by atoms with Crippen molar-refractivity contribution in [1.82, 2.24) is 0 Å². The number of hydrogen-bond acceptors (Lipinski definition) is 1. The summed E-state index contributed by atoms with van der Waals surface area (Å²) in [6.45, 7) is 0. The summed E-state index contributed by atoms with van der Waals surface area (Å²) in [6.07, 6.45) is 4.24. The highest BCUT2D eigenvalue weighted by Gasteiger charge is 2.32. The van der Waals surface area contributed by atoms with E-state index in [0.717, 1.165) is 24.8 Å². The lowest BCUT2D eigenvalue weighted by molar-refractivity contribution is 0.247. The lowest BCUT2D eigenvalue weighted by Crippen LogP contribution is -2.48. The molecule has 1 nitrogen and oxygen atoms in total. The third-order valence-corrected chi connectivity index (χ3v) is 3.50. The van der Waals surface area contributed by atoms with Gasteiger partial charge < -0.3 is 5.73 Å². The molecule has 2 N–H and O–H groups in total. The van der Waals surface area contributed by atoms with Crippen molar-refractivity contribution in [1.29, 1.82) is 0 Å². The third-order valence-electron chi connectivity index (χ3n) is 2.89. The molecular formula is C11H13BrFN. The first-order valence-electron chi connectivity index (χ1n) is 4.82. The van der Waals surface area contributed by atoms with Crippen LogP contribution in [-0.4, -0.2) is 5.54 Å². The summed E-state index contributed by atoms with van der Waals surface area (Å²) in [5, 5.41) is 0. The predicted molar refractivity (Wildman–Crippen MR) is 58.6 cm³/mol. The Balaban J connectivity index is 2.13. The molecule has 0 aliphatic heterocycles. The smallest absolute Gasteiger partial charge is 0.137 e. The van der Waals surface area contributed by atoms with Crippen LogP contribution >= 0.6 is 15.9 Å². The molecule has 14 heavy (non-hydrogen) atoms. The largest absolute Gasteiger partial charge is 0.325 e. The van der Waals surface area contributed by atoms with E-state index in [9.17, 15) is 4.39 Å². The van der Waals surface area contributed by atoms with Gasteiger partial charge in [-0.2, -0.15) is 0 Å². The normalized spacial score (nSPS) is 19.1. The van der Waals surface area contributed by atoms with E-state index in [1.165, 1.54) is 12.5 Å². The molecule has 3 heteroatoms. The van der Waals surface area contributed by atoms with Crippen LogP contribution in [0.1, 0.15) is 24.8 Å². The monoisotopic (exact) mass is 257 g/mol. The van der Waals surface area contributed by atoms with Crippen LogP contribution in [0.5, 0.6) is 0 Å². The molecule has 1 fully saturated rings. The highest BCUT2D eigenvalue weighted by molar-refractivity contribution is 9.10. The Bertz CT molecular complexity index is 347. The zero-order chi connectivity index (χ0) is 10.2. The van der Waals surface area contributed by atoms with Gasteiger partial charge in [0.05, 0.1) is 4.47 Å². The van der Waals surface area contributed by atoms with Crippen LogP contribution in [0.3, 0.4) is 0 Å². The molecule has 2 rings (SSSR count). The van der Waals surface area contributed by atoms with Crippen molar-refractivity contribution in [3.8, 4) is 0 Å². The van der Waals surface area contributed by atoms with E-state index in [1.807, 2.05) is 12.1 Å². The summed E-state index contributed by atoms with van der Waals surface area (Å²) >= 11 is 3.18. The van der Waals surface area contributed by atoms with Gasteiger partial charge >= 0.3 is 0 Å². The fourth-order valence-corrected chi connectivity index (χ4v) is 2.29. The van der Waals surface area contributed by atoms with E-state index >= 15 is 0 Å². The minimum absolute atomic E-state index is 0.0305. The Labute approximate surface area is 91.6 Å². The van der Waals surface area contributed by atoms with Crippen LogP contribution in [0.15, 0.2) is 22.7 Å². The van der Waals surface area contributed by atoms with Crippen molar-refractivity contribution in [2.45, 2.75) is 31.2 Å². The number of rotatable bonds is 2. The van der Waals surface area contributed by atoms with Crippen molar-refractivity contribution in [2.24, 2.45) is 5.73 Å². The Hall–Kier alpha value is -0.410. The van der Waals surface area contributed by atoms with Crippen molar-refractivity contribution in [3.63, 3.8) is 0 Å². The molecule has 0 radical (unpaired) electrons. The van der Waals surface area contributed by atoms with E-state index < -0.39 is 0 Å². The fraction of sp³-hybridized carbons (Fsp3) is 0.455. The topological polar surface area (TPSA) is 26.0 Å². The minimum Gasteiger partial charge on any atom is -0.325 e. The average molecular weight is 258 g/mol. The van der Waals surface area contributed by atoms with Gasteiger partial charge in [-0.1, -0.05) is 6.07 Å². The second-order valence-electron chi connectivity index (χ2n) is 4.14. The third kappa shape index (κ3) is 1.98. The van der Waals surface area contributed by atoms with E-state index in [2.05, 4.69) is 15.9 Å². The average Bonchev–Trinajstić information content (AvgIpc) is 2.09. The molecule has 1 aliphatic carbocycles. The number of hydrogen-bond donors (Lipinski definition) is 1. The Morgan fingerprint density at radius 2 is 2.14 bits per heavy atom. The standard InChI is InChI=1S/C11H13BrFN/c12-9-6-8(2-3-10(9)13)7-11(14)4-1-5-11/h2-3,6H,1,4-5,7,14H2. The molecule has 0 aromatic heterocycles. The van der Waals surface area contributed by atoms with Crippen molar-refractivity contribution in [3.05, 3.63) is 34.1 Å². The minimum atomic E-state index is -0.214. The van der Waals surface area contributed by atoms with Crippen LogP contribution < -0.4 is 5.73 Å². The molecule has 0 bridgehead atoms. The van der Waals surface area contributed by atoms with Crippen molar-refractivity contribution >= 4 is 15.9 Å². The van der Waals surface area contributed by atoms with Gasteiger partial charge in [0.25, 0.3) is 0 Å². The zero-order valence-electron chi connectivity index (χ0n) is 7.89. The summed E-state index contributed by atoms with van der Waals surface area (Å²) in [5.41, 5.74) is 7.19. The van der Waals surface area contributed by atoms with E-state index in [4.69, 9.17) is 5.73 Å². The lowest BCUT2D eigenvalue weighted by Gasteiger charge is -2.38. The van der Waals surface area contributed by atoms with Crippen LogP contribution in [0.4, 0.5) is 4.39 Å². The summed E-state index contributed by atoms with van der Waals surface area (Å²) < 4.78 is 13.5. The second kappa shape index (κ2) is 3.63. The lowest BCUT2D eigenvalue weighted by atomic mass is 9.74. The van der Waals surface area contributed by atoms with Crippen LogP contribution in [-0.2, 0) is 6.42 Å². The summed E-state index contributed by atoms with van der Waals surface area (Å²) in [4.78, 5) is 0. The number of nitrogens with two attached hydrogens (primary N) is 1. The SMILES string of the molecule is NC1(Cc2ccc(F)c(Br)c2)CCC1. The molecule has 0 heterocycles. The number of halogens is 2. The molecule has 76 valence electrons. The zero-order valence-corrected chi connectivity index (χ0v) is 9.48. The number of benzene rings is 1. The molecule has 1 aromatic carbocycles. The first-order chi connectivity index (χ1) is 6.59. The van der Waals surface area contributed by atoms with Gasteiger partial charge in [0.2, 0.25) is 0 Å². The molecule has 0 saturated heterocycles. The highest BCUT2D eigenvalue weighted by Crippen LogP contribution is 2.33. The van der Waals surface area contributed by atoms with Crippen LogP contribution in [0, 0.1) is 5.82 Å². The van der Waals surface area contributed by atoms with Gasteiger partial charge in [0.15, 0.2) is 0 Å². The van der Waals surface area contributed by atoms with Gasteiger partial charge in [-0.25, -0.2) is 4.39 Å². The van der Waals surface area contributed by atoms with Crippen LogP contribution in [0.2, 0.25) is 0 Å². The Morgan fingerprint density at radius 1 is 1.43 bits per heavy atom. The quantitative estimate of drug-likeness (QED) is 0.866. The molecule has 1 aliphatic rings. The first kappa shape index (κ1) is 10.1. The molecular weight excluding hydrogens is 245 g/mol. The summed E-state index contributed by atoms with van der Waals surface area (Å²) in [6, 6.07) is 5.12.